The van der Waals surface area contributed by atoms with E-state index >= 15 is 0 Å². The van der Waals surface area contributed by atoms with Crippen LogP contribution in [0.15, 0.2) is 18.2 Å². The van der Waals surface area contributed by atoms with Crippen LogP contribution in [0.3, 0.4) is 0 Å². The molecule has 28 heavy (non-hydrogen) atoms. The monoisotopic (exact) mass is 434 g/mol. The van der Waals surface area contributed by atoms with E-state index in [2.05, 4.69) is 0 Å². The molecule has 0 aromatic heterocycles. The molecule has 1 aliphatic heterocycles. The quantitative estimate of drug-likeness (QED) is 0.600. The molecule has 0 unspecified atom stereocenters. The van der Waals surface area contributed by atoms with E-state index in [0.717, 1.165) is 16.9 Å². The van der Waals surface area contributed by atoms with E-state index in [1.165, 1.54) is 10.6 Å². The van der Waals surface area contributed by atoms with Gasteiger partial charge in [0.05, 0.1) is 19.4 Å². The van der Waals surface area contributed by atoms with E-state index in [1.54, 1.807) is 0 Å². The third-order valence-corrected chi connectivity index (χ3v) is 6.30. The molecule has 1 aromatic carbocycles. The van der Waals surface area contributed by atoms with Crippen molar-refractivity contribution in [3.8, 4) is 5.75 Å². The first-order valence-corrected chi connectivity index (χ1v) is 11.1. The van der Waals surface area contributed by atoms with Crippen molar-refractivity contribution >= 4 is 28.4 Å². The Labute approximate surface area is 174 Å². The molecule has 0 saturated carbocycles. The lowest BCUT2D eigenvalue weighted by Crippen LogP contribution is -2.48. The average Bonchev–Trinajstić information content (AvgIpc) is 2.58. The zero-order valence-corrected chi connectivity index (χ0v) is 18.4. The van der Waals surface area contributed by atoms with Crippen molar-refractivity contribution in [2.24, 2.45) is 0 Å². The lowest BCUT2D eigenvalue weighted by atomic mass is 10.0. The highest BCUT2D eigenvalue weighted by Crippen LogP contribution is 2.23. The van der Waals surface area contributed by atoms with E-state index in [-0.39, 0.29) is 25.0 Å². The zero-order valence-electron chi connectivity index (χ0n) is 16.8. The number of aliphatic carboxylic acids is 1. The number of piperidine rings is 1. The smallest absolute Gasteiger partial charge is 0.317 e. The fraction of sp³-hybridized carbons (Fsp3) is 0.632. The number of carboxylic acid groups (broad SMARTS) is 1. The fourth-order valence-electron chi connectivity index (χ4n) is 3.57. The predicted octanol–water partition coefficient (Wildman–Crippen LogP) is 2.30. The third kappa shape index (κ3) is 7.24. The Bertz CT molecular complexity index is 728. The topological polar surface area (TPSA) is 87.2 Å². The van der Waals surface area contributed by atoms with Crippen molar-refractivity contribution in [2.75, 3.05) is 39.0 Å². The molecule has 7 nitrogen and oxygen atoms in total. The van der Waals surface area contributed by atoms with Crippen molar-refractivity contribution in [1.29, 1.82) is 0 Å². The largest absolute Gasteiger partial charge is 0.493 e. The number of aryl methyl sites for hydroxylation is 2. The first-order valence-electron chi connectivity index (χ1n) is 9.28. The van der Waals surface area contributed by atoms with Gasteiger partial charge in [-0.3, -0.25) is 9.69 Å². The third-order valence-electron chi connectivity index (χ3n) is 4.99. The van der Waals surface area contributed by atoms with Crippen LogP contribution in [0.1, 0.15) is 30.4 Å². The van der Waals surface area contributed by atoms with E-state index in [9.17, 15) is 18.3 Å². The van der Waals surface area contributed by atoms with Crippen LogP contribution in [0.4, 0.5) is 0 Å². The van der Waals surface area contributed by atoms with Gasteiger partial charge >= 0.3 is 5.97 Å². The normalized spacial score (nSPS) is 16.0. The Kier molecular flexibility index (Phi) is 9.69. The van der Waals surface area contributed by atoms with Crippen LogP contribution in [0.25, 0.3) is 0 Å². The van der Waals surface area contributed by atoms with Crippen LogP contribution in [-0.4, -0.2) is 73.8 Å². The number of benzene rings is 1. The molecule has 0 radical (unpaired) electrons. The lowest BCUT2D eigenvalue weighted by molar-refractivity contribution is -0.139. The summed E-state index contributed by atoms with van der Waals surface area (Å²) in [6, 6.07) is 6.09. The zero-order chi connectivity index (χ0) is 20.0. The maximum absolute atomic E-state index is 11.6. The van der Waals surface area contributed by atoms with Gasteiger partial charge in [-0.2, -0.15) is 0 Å². The summed E-state index contributed by atoms with van der Waals surface area (Å²) in [7, 11) is -3.18. The van der Waals surface area contributed by atoms with E-state index in [0.29, 0.717) is 45.5 Å². The van der Waals surface area contributed by atoms with Gasteiger partial charge in [0.25, 0.3) is 0 Å². The Balaban J connectivity index is 0.00000392. The van der Waals surface area contributed by atoms with Gasteiger partial charge in [0, 0.05) is 25.7 Å². The maximum Gasteiger partial charge on any atom is 0.317 e. The number of ether oxygens (including phenoxy) is 1. The van der Waals surface area contributed by atoms with E-state index < -0.39 is 16.0 Å². The van der Waals surface area contributed by atoms with Gasteiger partial charge in [0.15, 0.2) is 0 Å². The summed E-state index contributed by atoms with van der Waals surface area (Å²) in [5, 5.41) is 9.22. The molecule has 0 bridgehead atoms. The summed E-state index contributed by atoms with van der Waals surface area (Å²) in [5.41, 5.74) is 2.18. The standard InChI is InChI=1S/C19H30N2O5S.ClH/c1-15-6-4-7-16(2)19(15)26-13-5-10-20(14-18(22)23)17-8-11-21(12-9-17)27(3,24)25;/h4,6-7,17H,5,8-14H2,1-3H3,(H,22,23);1H. The molecular formula is C19H31ClN2O5S. The van der Waals surface area contributed by atoms with Crippen LogP contribution in [0, 0.1) is 13.8 Å². The molecule has 0 atom stereocenters. The minimum atomic E-state index is -3.18. The highest BCUT2D eigenvalue weighted by molar-refractivity contribution is 7.88. The van der Waals surface area contributed by atoms with E-state index in [4.69, 9.17) is 4.74 Å². The summed E-state index contributed by atoms with van der Waals surface area (Å²) in [6.45, 7) is 6.00. The number of sulfonamides is 1. The molecular weight excluding hydrogens is 404 g/mol. The van der Waals surface area contributed by atoms with Gasteiger partial charge in [0.1, 0.15) is 5.75 Å². The number of carbonyl (C=O) groups is 1. The number of carboxylic acids is 1. The van der Waals surface area contributed by atoms with Crippen molar-refractivity contribution in [3.63, 3.8) is 0 Å². The summed E-state index contributed by atoms with van der Waals surface area (Å²) >= 11 is 0. The minimum Gasteiger partial charge on any atom is -0.493 e. The fourth-order valence-corrected chi connectivity index (χ4v) is 4.45. The number of para-hydroxylation sites is 1. The number of hydrogen-bond donors (Lipinski definition) is 1. The van der Waals surface area contributed by atoms with Gasteiger partial charge in [-0.25, -0.2) is 12.7 Å². The van der Waals surface area contributed by atoms with Gasteiger partial charge in [-0.05, 0) is 44.2 Å². The summed E-state index contributed by atoms with van der Waals surface area (Å²) in [4.78, 5) is 13.2. The van der Waals surface area contributed by atoms with Gasteiger partial charge in [0.2, 0.25) is 10.0 Å². The number of halogens is 1. The van der Waals surface area contributed by atoms with Gasteiger partial charge in [-0.15, -0.1) is 12.4 Å². The molecule has 1 N–H and O–H groups in total. The number of nitrogens with zero attached hydrogens (tertiary/aromatic N) is 2. The molecule has 9 heteroatoms. The van der Waals surface area contributed by atoms with Gasteiger partial charge in [-0.1, -0.05) is 18.2 Å². The molecule has 1 fully saturated rings. The SMILES string of the molecule is Cc1cccc(C)c1OCCCN(CC(=O)O)C1CCN(S(C)(=O)=O)CC1.Cl. The van der Waals surface area contributed by atoms with Crippen LogP contribution >= 0.6 is 12.4 Å². The summed E-state index contributed by atoms with van der Waals surface area (Å²) in [5.74, 6) is 0.0277. The van der Waals surface area contributed by atoms with Crippen LogP contribution in [0.5, 0.6) is 5.75 Å². The van der Waals surface area contributed by atoms with Crippen molar-refractivity contribution in [3.05, 3.63) is 29.3 Å². The molecule has 0 spiro atoms. The molecule has 0 amide bonds. The molecule has 1 aromatic rings. The second-order valence-corrected chi connectivity index (χ2v) is 9.16. The first kappa shape index (κ1) is 24.7. The Morgan fingerprint density at radius 1 is 1.25 bits per heavy atom. The Morgan fingerprint density at radius 2 is 1.82 bits per heavy atom. The predicted molar refractivity (Wildman–Crippen MR) is 112 cm³/mol. The highest BCUT2D eigenvalue weighted by Gasteiger charge is 2.29. The van der Waals surface area contributed by atoms with Crippen LogP contribution in [0.2, 0.25) is 0 Å². The second kappa shape index (κ2) is 11.0. The van der Waals surface area contributed by atoms with Gasteiger partial charge < -0.3 is 9.84 Å². The average molecular weight is 435 g/mol. The second-order valence-electron chi connectivity index (χ2n) is 7.18. The first-order chi connectivity index (χ1) is 12.7. The van der Waals surface area contributed by atoms with Crippen LogP contribution in [-0.2, 0) is 14.8 Å². The molecule has 2 rings (SSSR count). The molecule has 1 saturated heterocycles. The van der Waals surface area contributed by atoms with Crippen molar-refractivity contribution in [1.82, 2.24) is 9.21 Å². The van der Waals surface area contributed by atoms with Crippen molar-refractivity contribution < 1.29 is 23.1 Å². The Hall–Kier alpha value is -1.35. The maximum atomic E-state index is 11.6. The molecule has 0 aliphatic carbocycles. The van der Waals surface area contributed by atoms with Crippen LogP contribution < -0.4 is 4.74 Å². The number of hydrogen-bond acceptors (Lipinski definition) is 5. The highest BCUT2D eigenvalue weighted by atomic mass is 35.5. The van der Waals surface area contributed by atoms with E-state index in [1.807, 2.05) is 36.9 Å². The van der Waals surface area contributed by atoms with Crippen molar-refractivity contribution in [2.45, 2.75) is 39.2 Å². The number of rotatable bonds is 9. The molecule has 1 heterocycles. The lowest BCUT2D eigenvalue weighted by Gasteiger charge is -2.37. The molecule has 1 aliphatic rings. The summed E-state index contributed by atoms with van der Waals surface area (Å²) < 4.78 is 30.7. The molecule has 160 valence electrons. The Morgan fingerprint density at radius 3 is 2.32 bits per heavy atom. The summed E-state index contributed by atoms with van der Waals surface area (Å²) in [6.07, 6.45) is 3.23. The minimum absolute atomic E-state index is 0.